The number of pyridine rings is 2. The molecule has 3 aromatic rings. The highest BCUT2D eigenvalue weighted by Gasteiger charge is 2.31. The molecule has 2 aliphatic rings. The van der Waals surface area contributed by atoms with Crippen molar-refractivity contribution in [1.82, 2.24) is 15.0 Å². The third-order valence-electron chi connectivity index (χ3n) is 5.37. The molecule has 0 unspecified atom stereocenters. The van der Waals surface area contributed by atoms with Gasteiger partial charge in [-0.1, -0.05) is 0 Å². The summed E-state index contributed by atoms with van der Waals surface area (Å²) in [6.45, 7) is 2.34. The fourth-order valence-corrected chi connectivity index (χ4v) is 3.87. The molecule has 5 rings (SSSR count). The average molecular weight is 348 g/mol. The lowest BCUT2D eigenvalue weighted by molar-refractivity contribution is -0.117. The summed E-state index contributed by atoms with van der Waals surface area (Å²) in [4.78, 5) is 26.6. The summed E-state index contributed by atoms with van der Waals surface area (Å²) in [6, 6.07) is 6.19. The molecule has 0 aromatic carbocycles. The summed E-state index contributed by atoms with van der Waals surface area (Å²) < 4.78 is 5.44. The number of amides is 1. The number of carbonyl (C=O) groups excluding carboxylic acids is 1. The van der Waals surface area contributed by atoms with E-state index >= 15 is 0 Å². The summed E-state index contributed by atoms with van der Waals surface area (Å²) in [5.74, 6) is 0.649. The number of hydrogen-bond acceptors (Lipinski definition) is 4. The first-order chi connectivity index (χ1) is 12.8. The maximum atomic E-state index is 12.5. The van der Waals surface area contributed by atoms with Gasteiger partial charge in [-0.05, 0) is 37.0 Å². The largest absolute Gasteiger partial charge is 0.381 e. The van der Waals surface area contributed by atoms with Crippen molar-refractivity contribution in [3.63, 3.8) is 0 Å². The van der Waals surface area contributed by atoms with Crippen LogP contribution in [0.25, 0.3) is 22.2 Å². The van der Waals surface area contributed by atoms with Gasteiger partial charge in [0.15, 0.2) is 0 Å². The quantitative estimate of drug-likeness (QED) is 0.790. The van der Waals surface area contributed by atoms with Gasteiger partial charge in [0, 0.05) is 54.9 Å². The van der Waals surface area contributed by atoms with Crippen LogP contribution in [0.3, 0.4) is 0 Å². The van der Waals surface area contributed by atoms with E-state index in [1.54, 1.807) is 0 Å². The molecular weight excluding hydrogens is 328 g/mol. The molecule has 2 aliphatic heterocycles. The molecule has 0 radical (unpaired) electrons. The van der Waals surface area contributed by atoms with Crippen molar-refractivity contribution < 1.29 is 9.53 Å². The fraction of sp³-hybridized carbons (Fsp3) is 0.350. The third-order valence-corrected chi connectivity index (χ3v) is 5.37. The fourth-order valence-electron chi connectivity index (χ4n) is 3.87. The van der Waals surface area contributed by atoms with E-state index in [0.29, 0.717) is 12.3 Å². The Kier molecular flexibility index (Phi) is 3.71. The Morgan fingerprint density at radius 1 is 1.15 bits per heavy atom. The van der Waals surface area contributed by atoms with Crippen molar-refractivity contribution in [1.29, 1.82) is 0 Å². The Balaban J connectivity index is 1.48. The van der Waals surface area contributed by atoms with Crippen LogP contribution in [0.1, 0.15) is 18.5 Å². The van der Waals surface area contributed by atoms with E-state index in [2.05, 4.69) is 27.1 Å². The summed E-state index contributed by atoms with van der Waals surface area (Å²) >= 11 is 0. The number of anilines is 1. The summed E-state index contributed by atoms with van der Waals surface area (Å²) in [5.41, 5.74) is 4.71. The highest BCUT2D eigenvalue weighted by Crippen LogP contribution is 2.33. The number of aromatic nitrogens is 3. The van der Waals surface area contributed by atoms with Crippen molar-refractivity contribution in [2.24, 2.45) is 5.92 Å². The Labute approximate surface area is 151 Å². The molecule has 0 spiro atoms. The minimum absolute atomic E-state index is 0.148. The third kappa shape index (κ3) is 2.66. The molecule has 132 valence electrons. The van der Waals surface area contributed by atoms with Crippen LogP contribution in [0.2, 0.25) is 0 Å². The zero-order valence-electron chi connectivity index (χ0n) is 14.4. The van der Waals surface area contributed by atoms with E-state index in [1.807, 2.05) is 29.6 Å². The lowest BCUT2D eigenvalue weighted by Gasteiger charge is -2.27. The predicted molar refractivity (Wildman–Crippen MR) is 98.9 cm³/mol. The molecule has 1 fully saturated rings. The average Bonchev–Trinajstić information content (AvgIpc) is 3.26. The molecule has 5 heterocycles. The van der Waals surface area contributed by atoms with Crippen molar-refractivity contribution >= 4 is 22.6 Å². The van der Waals surface area contributed by atoms with Crippen LogP contribution >= 0.6 is 0 Å². The number of rotatable bonds is 3. The van der Waals surface area contributed by atoms with Crippen LogP contribution < -0.4 is 4.90 Å². The maximum Gasteiger partial charge on any atom is 0.233 e. The Bertz CT molecular complexity index is 975. The van der Waals surface area contributed by atoms with Gasteiger partial charge in [0.2, 0.25) is 5.91 Å². The van der Waals surface area contributed by atoms with Gasteiger partial charge in [0.25, 0.3) is 0 Å². The monoisotopic (exact) mass is 348 g/mol. The molecule has 0 aliphatic carbocycles. The van der Waals surface area contributed by atoms with Crippen LogP contribution in [-0.4, -0.2) is 40.6 Å². The van der Waals surface area contributed by atoms with Crippen LogP contribution in [0.5, 0.6) is 0 Å². The molecule has 0 saturated carbocycles. The van der Waals surface area contributed by atoms with Gasteiger partial charge >= 0.3 is 0 Å². The number of aromatic amines is 1. The highest BCUT2D eigenvalue weighted by molar-refractivity contribution is 6.01. The lowest BCUT2D eigenvalue weighted by Crippen LogP contribution is -2.34. The topological polar surface area (TPSA) is 71.1 Å². The van der Waals surface area contributed by atoms with Crippen LogP contribution in [0.4, 0.5) is 5.69 Å². The second kappa shape index (κ2) is 6.21. The number of ether oxygens (including phenoxy) is 1. The van der Waals surface area contributed by atoms with Gasteiger partial charge in [-0.2, -0.15) is 0 Å². The zero-order chi connectivity index (χ0) is 17.5. The van der Waals surface area contributed by atoms with Gasteiger partial charge in [0.05, 0.1) is 17.8 Å². The van der Waals surface area contributed by atoms with Crippen molar-refractivity contribution in [3.8, 4) is 11.1 Å². The molecule has 3 aromatic heterocycles. The molecule has 1 N–H and O–H groups in total. The molecule has 26 heavy (non-hydrogen) atoms. The molecule has 6 heteroatoms. The maximum absolute atomic E-state index is 12.5. The molecule has 1 amide bonds. The molecule has 6 nitrogen and oxygen atoms in total. The summed E-state index contributed by atoms with van der Waals surface area (Å²) in [5, 5.41) is 1.07. The van der Waals surface area contributed by atoms with Crippen molar-refractivity contribution in [2.45, 2.75) is 19.3 Å². The second-order valence-corrected chi connectivity index (χ2v) is 7.07. The van der Waals surface area contributed by atoms with E-state index in [-0.39, 0.29) is 5.91 Å². The van der Waals surface area contributed by atoms with Crippen LogP contribution in [-0.2, 0) is 16.0 Å². The minimum Gasteiger partial charge on any atom is -0.381 e. The molecule has 0 bridgehead atoms. The first-order valence-corrected chi connectivity index (χ1v) is 9.08. The molecule has 0 atom stereocenters. The molecule has 1 saturated heterocycles. The smallest absolute Gasteiger partial charge is 0.233 e. The van der Waals surface area contributed by atoms with Crippen molar-refractivity contribution in [3.05, 3.63) is 42.5 Å². The van der Waals surface area contributed by atoms with E-state index in [9.17, 15) is 4.79 Å². The number of fused-ring (bicyclic) bond motifs is 2. The van der Waals surface area contributed by atoms with Gasteiger partial charge in [0.1, 0.15) is 5.65 Å². The van der Waals surface area contributed by atoms with E-state index < -0.39 is 0 Å². The van der Waals surface area contributed by atoms with Gasteiger partial charge < -0.3 is 14.6 Å². The zero-order valence-corrected chi connectivity index (χ0v) is 14.4. The number of nitrogens with one attached hydrogen (secondary N) is 1. The number of H-pyrrole nitrogens is 1. The van der Waals surface area contributed by atoms with Gasteiger partial charge in [-0.3, -0.25) is 9.78 Å². The van der Waals surface area contributed by atoms with Crippen molar-refractivity contribution in [2.75, 3.05) is 24.7 Å². The lowest BCUT2D eigenvalue weighted by atomic mass is 9.99. The predicted octanol–water partition coefficient (Wildman–Crippen LogP) is 2.94. The van der Waals surface area contributed by atoms with Gasteiger partial charge in [-0.25, -0.2) is 4.98 Å². The number of nitrogens with zero attached hydrogens (tertiary/aromatic N) is 3. The Morgan fingerprint density at radius 3 is 2.85 bits per heavy atom. The van der Waals surface area contributed by atoms with Crippen LogP contribution in [0.15, 0.2) is 36.8 Å². The first-order valence-electron chi connectivity index (χ1n) is 9.08. The normalized spacial score (nSPS) is 17.8. The van der Waals surface area contributed by atoms with Crippen LogP contribution in [0, 0.1) is 5.92 Å². The SMILES string of the molecule is O=C1Cc2ncc(-c3cnc4[nH]ccc4c3)cc2N1CC1CCOCC1. The minimum atomic E-state index is 0.148. The van der Waals surface area contributed by atoms with E-state index in [0.717, 1.165) is 66.1 Å². The first kappa shape index (κ1) is 15.5. The highest BCUT2D eigenvalue weighted by atomic mass is 16.5. The Morgan fingerprint density at radius 2 is 1.96 bits per heavy atom. The number of carbonyl (C=O) groups is 1. The molecular formula is C20H20N4O2. The standard InChI is InChI=1S/C20H20N4O2/c25-19-9-17-18(24(19)12-13-2-5-26-6-3-13)8-16(10-22-17)15-7-14-1-4-21-20(14)23-11-15/h1,4,7-8,10-11,13H,2-3,5-6,9,12H2,(H,21,23). The van der Waals surface area contributed by atoms with Gasteiger partial charge in [-0.15, -0.1) is 0 Å². The van der Waals surface area contributed by atoms with E-state index in [4.69, 9.17) is 4.74 Å². The van der Waals surface area contributed by atoms with E-state index in [1.165, 1.54) is 0 Å². The number of hydrogen-bond donors (Lipinski definition) is 1. The second-order valence-electron chi connectivity index (χ2n) is 7.07. The summed E-state index contributed by atoms with van der Waals surface area (Å²) in [6.07, 6.45) is 8.01. The summed E-state index contributed by atoms with van der Waals surface area (Å²) in [7, 11) is 0. The Hall–Kier alpha value is -2.73.